The Morgan fingerprint density at radius 1 is 0.667 bits per heavy atom. The molecule has 1 saturated heterocycles. The minimum atomic E-state index is -0.309. The molecule has 0 aromatic rings. The normalized spacial score (nSPS) is 16.6. The number of hydrogen-bond acceptors (Lipinski definition) is 4. The smallest absolute Gasteiger partial charge is 1.00 e. The van der Waals surface area contributed by atoms with E-state index in [1.807, 2.05) is 13.8 Å². The van der Waals surface area contributed by atoms with E-state index < -0.39 is 0 Å². The molecule has 21 heavy (non-hydrogen) atoms. The summed E-state index contributed by atoms with van der Waals surface area (Å²) in [4.78, 5) is 4.14. The van der Waals surface area contributed by atoms with Gasteiger partial charge in [0.25, 0.3) is 0 Å². The largest absolute Gasteiger partial charge is 4.00 e. The molecule has 0 amide bonds. The van der Waals surface area contributed by atoms with Gasteiger partial charge in [-0.15, -0.1) is 0 Å². The maximum atomic E-state index is 9.61. The van der Waals surface area contributed by atoms with Gasteiger partial charge >= 0.3 is 21.1 Å². The molecule has 1 fully saturated rings. The van der Waals surface area contributed by atoms with E-state index in [2.05, 4.69) is 9.80 Å². The molecule has 1 rings (SSSR count). The fraction of sp³-hybridized carbons (Fsp3) is 1.00. The summed E-state index contributed by atoms with van der Waals surface area (Å²) >= 11 is 0. The summed E-state index contributed by atoms with van der Waals surface area (Å²) in [6, 6.07) is 0. The number of rotatable bonds is 4. The second kappa shape index (κ2) is 24.5. The minimum absolute atomic E-state index is 0. The van der Waals surface area contributed by atoms with Crippen LogP contribution in [0.1, 0.15) is 26.7 Å². The van der Waals surface area contributed by atoms with Gasteiger partial charge in [0, 0.05) is 26.2 Å². The van der Waals surface area contributed by atoms with Gasteiger partial charge in [-0.2, -0.15) is 0 Å². The zero-order chi connectivity index (χ0) is 10.6. The van der Waals surface area contributed by atoms with Crippen molar-refractivity contribution in [3.63, 3.8) is 0 Å². The number of aliphatic hydroxyl groups is 2. The summed E-state index contributed by atoms with van der Waals surface area (Å²) < 4.78 is 0. The summed E-state index contributed by atoms with van der Waals surface area (Å²) in [5.41, 5.74) is 0. The van der Waals surface area contributed by atoms with Gasteiger partial charge < -0.3 is 84.7 Å². The molecule has 1 aliphatic heterocycles. The molecule has 0 aromatic carbocycles. The fourth-order valence-electron chi connectivity index (χ4n) is 1.85. The predicted molar refractivity (Wildman–Crippen MR) is 55.7 cm³/mol. The molecular weight excluding hydrogens is 588 g/mol. The van der Waals surface area contributed by atoms with Crippen molar-refractivity contribution in [2.75, 3.05) is 26.2 Å². The molecule has 0 aliphatic carbocycles. The van der Waals surface area contributed by atoms with Crippen molar-refractivity contribution in [3.05, 3.63) is 0 Å². The number of halogens is 6. The first-order valence-electron chi connectivity index (χ1n) is 5.53. The molecule has 0 aromatic heterocycles. The van der Waals surface area contributed by atoms with Gasteiger partial charge in [0.05, 0.1) is 0 Å². The first kappa shape index (κ1) is 43.6. The zero-order valence-electron chi connectivity index (χ0n) is 11.8. The molecule has 1 aliphatic rings. The predicted octanol–water partition coefficient (Wildman–Crippen LogP) is -17.9. The Balaban J connectivity index is -0.0000000560. The molecule has 0 bridgehead atoms. The topological polar surface area (TPSA) is 46.9 Å². The van der Waals surface area contributed by atoms with Crippen LogP contribution in [0.15, 0.2) is 0 Å². The number of piperazine rings is 1. The van der Waals surface area contributed by atoms with Crippen LogP contribution in [0, 0.1) is 0 Å². The maximum absolute atomic E-state index is 9.61. The van der Waals surface area contributed by atoms with Crippen LogP contribution in [-0.4, -0.2) is 58.6 Å². The third kappa shape index (κ3) is 15.5. The standard InChI is InChI=1S/C10H22N2O2.6ClH.Pt/c1-3-9(13)11-5-7-12(8-6-11)10(14)4-2;;;;;;;/h9-10,13-14H,3-8H2,1-2H3;6*1H;/q;;;;;;;+4/p-6. The molecule has 2 atom stereocenters. The summed E-state index contributed by atoms with van der Waals surface area (Å²) in [7, 11) is 0. The van der Waals surface area contributed by atoms with Gasteiger partial charge in [-0.3, -0.25) is 9.80 Å². The Kier molecular flexibility index (Phi) is 50.9. The van der Waals surface area contributed by atoms with E-state index in [0.29, 0.717) is 0 Å². The minimum Gasteiger partial charge on any atom is -1.00 e. The quantitative estimate of drug-likeness (QED) is 0.333. The molecule has 11 heteroatoms. The third-order valence-corrected chi connectivity index (χ3v) is 2.92. The number of aliphatic hydroxyl groups excluding tert-OH is 2. The zero-order valence-corrected chi connectivity index (χ0v) is 18.6. The van der Waals surface area contributed by atoms with Crippen LogP contribution >= 0.6 is 0 Å². The molecule has 2 unspecified atom stereocenters. The molecule has 138 valence electrons. The van der Waals surface area contributed by atoms with Gasteiger partial charge in [-0.25, -0.2) is 0 Å². The number of nitrogens with zero attached hydrogens (tertiary/aromatic N) is 2. The Labute approximate surface area is 179 Å². The van der Waals surface area contributed by atoms with Crippen molar-refractivity contribution >= 4 is 0 Å². The van der Waals surface area contributed by atoms with Gasteiger partial charge in [-0.1, -0.05) is 13.8 Å². The summed E-state index contributed by atoms with van der Waals surface area (Å²) in [5, 5.41) is 19.2. The van der Waals surface area contributed by atoms with E-state index in [1.54, 1.807) is 0 Å². The van der Waals surface area contributed by atoms with Crippen LogP contribution < -0.4 is 74.4 Å². The van der Waals surface area contributed by atoms with E-state index in [4.69, 9.17) is 0 Å². The Bertz CT molecular complexity index is 164. The Morgan fingerprint density at radius 3 is 1.00 bits per heavy atom. The van der Waals surface area contributed by atoms with Crippen molar-refractivity contribution in [1.29, 1.82) is 0 Å². The average molecular weight is 610 g/mol. The second-order valence-electron chi connectivity index (χ2n) is 3.85. The fourth-order valence-corrected chi connectivity index (χ4v) is 1.85. The first-order chi connectivity index (χ1) is 6.69. The number of hydrogen-bond donors (Lipinski definition) is 2. The van der Waals surface area contributed by atoms with Crippen molar-refractivity contribution in [1.82, 2.24) is 9.80 Å². The molecule has 0 saturated carbocycles. The van der Waals surface area contributed by atoms with E-state index in [1.165, 1.54) is 0 Å². The summed E-state index contributed by atoms with van der Waals surface area (Å²) in [6.07, 6.45) is 0.930. The van der Waals surface area contributed by atoms with Crippen LogP contribution in [0.5, 0.6) is 0 Å². The van der Waals surface area contributed by atoms with Crippen molar-refractivity contribution in [2.24, 2.45) is 0 Å². The molecule has 4 nitrogen and oxygen atoms in total. The van der Waals surface area contributed by atoms with E-state index in [0.717, 1.165) is 39.0 Å². The molecule has 1 heterocycles. The first-order valence-corrected chi connectivity index (χ1v) is 5.53. The maximum Gasteiger partial charge on any atom is 4.00 e. The molecular formula is C10H22Cl6N2O2Pt-2. The Hall–Kier alpha value is 2.27. The second-order valence-corrected chi connectivity index (χ2v) is 3.85. The monoisotopic (exact) mass is 607 g/mol. The van der Waals surface area contributed by atoms with Crippen LogP contribution in [0.4, 0.5) is 0 Å². The van der Waals surface area contributed by atoms with Gasteiger partial charge in [0.2, 0.25) is 0 Å². The van der Waals surface area contributed by atoms with Crippen LogP contribution in [0.3, 0.4) is 0 Å². The average Bonchev–Trinajstić information content (AvgIpc) is 2.27. The van der Waals surface area contributed by atoms with Gasteiger partial charge in [-0.05, 0) is 12.8 Å². The van der Waals surface area contributed by atoms with Crippen molar-refractivity contribution < 1.29 is 106 Å². The van der Waals surface area contributed by atoms with Crippen molar-refractivity contribution in [2.45, 2.75) is 39.1 Å². The Morgan fingerprint density at radius 2 is 0.857 bits per heavy atom. The summed E-state index contributed by atoms with van der Waals surface area (Å²) in [5.74, 6) is 0. The molecule has 2 N–H and O–H groups in total. The molecule has 0 spiro atoms. The van der Waals surface area contributed by atoms with Crippen LogP contribution in [0.2, 0.25) is 0 Å². The molecule has 0 radical (unpaired) electrons. The van der Waals surface area contributed by atoms with E-state index in [9.17, 15) is 10.2 Å². The van der Waals surface area contributed by atoms with Crippen LogP contribution in [-0.2, 0) is 21.1 Å². The van der Waals surface area contributed by atoms with Crippen LogP contribution in [0.25, 0.3) is 0 Å². The van der Waals surface area contributed by atoms with Gasteiger partial charge in [0.1, 0.15) is 12.5 Å². The van der Waals surface area contributed by atoms with E-state index >= 15 is 0 Å². The summed E-state index contributed by atoms with van der Waals surface area (Å²) in [6.45, 7) is 7.38. The van der Waals surface area contributed by atoms with Crippen molar-refractivity contribution in [3.8, 4) is 0 Å². The SMILES string of the molecule is CCC(O)N1CCN(C(O)CC)CC1.[Cl-].[Cl-].[Cl-].[Cl-].[Cl-].[Cl-].[Pt+4]. The van der Waals surface area contributed by atoms with E-state index in [-0.39, 0.29) is 108 Å². The van der Waals surface area contributed by atoms with Gasteiger partial charge in [0.15, 0.2) is 0 Å². The third-order valence-electron chi connectivity index (χ3n) is 2.92.